The van der Waals surface area contributed by atoms with Crippen LogP contribution in [-0.2, 0) is 16.6 Å². The molecule has 0 fully saturated rings. The van der Waals surface area contributed by atoms with Gasteiger partial charge in [0.15, 0.2) is 11.0 Å². The summed E-state index contributed by atoms with van der Waals surface area (Å²) in [6, 6.07) is 17.1. The van der Waals surface area contributed by atoms with Gasteiger partial charge in [-0.1, -0.05) is 54.2 Å². The van der Waals surface area contributed by atoms with Crippen LogP contribution >= 0.6 is 23.1 Å². The number of thiophene rings is 1. The van der Waals surface area contributed by atoms with Crippen molar-refractivity contribution in [3.63, 3.8) is 0 Å². The summed E-state index contributed by atoms with van der Waals surface area (Å²) in [5.41, 5.74) is 2.78. The normalized spacial score (nSPS) is 10.7. The van der Waals surface area contributed by atoms with Crippen molar-refractivity contribution < 1.29 is 19.1 Å². The van der Waals surface area contributed by atoms with Gasteiger partial charge in [0, 0.05) is 18.0 Å². The lowest BCUT2D eigenvalue weighted by Crippen LogP contribution is -2.16. The average Bonchev–Trinajstić information content (AvgIpc) is 3.46. The van der Waals surface area contributed by atoms with Crippen molar-refractivity contribution in [2.45, 2.75) is 12.1 Å². The molecule has 0 saturated carbocycles. The lowest BCUT2D eigenvalue weighted by Gasteiger charge is -2.09. The number of nitrogens with one attached hydrogen (secondary N) is 1. The van der Waals surface area contributed by atoms with Gasteiger partial charge in [-0.3, -0.25) is 4.79 Å². The van der Waals surface area contributed by atoms with Gasteiger partial charge in [0.25, 0.3) is 0 Å². The Morgan fingerprint density at radius 1 is 1.06 bits per heavy atom. The zero-order valence-electron chi connectivity index (χ0n) is 19.5. The molecule has 4 rings (SSSR count). The van der Waals surface area contributed by atoms with Crippen LogP contribution in [0.5, 0.6) is 5.75 Å². The Morgan fingerprint density at radius 3 is 2.54 bits per heavy atom. The first kappa shape index (κ1) is 24.5. The van der Waals surface area contributed by atoms with Gasteiger partial charge in [-0.05, 0) is 24.6 Å². The lowest BCUT2D eigenvalue weighted by molar-refractivity contribution is -0.113. The Balaban J connectivity index is 1.49. The summed E-state index contributed by atoms with van der Waals surface area (Å²) < 4.78 is 12.5. The van der Waals surface area contributed by atoms with E-state index in [2.05, 4.69) is 15.5 Å². The van der Waals surface area contributed by atoms with E-state index in [1.165, 1.54) is 23.1 Å². The number of ether oxygens (including phenoxy) is 2. The smallest absolute Gasteiger partial charge is 0.341 e. The fraction of sp³-hybridized carbons (Fsp3) is 0.200. The number of esters is 1. The number of aromatic nitrogens is 3. The second kappa shape index (κ2) is 11.2. The van der Waals surface area contributed by atoms with Crippen molar-refractivity contribution in [3.05, 3.63) is 65.5 Å². The highest BCUT2D eigenvalue weighted by molar-refractivity contribution is 7.99. The summed E-state index contributed by atoms with van der Waals surface area (Å²) in [6.45, 7) is 1.99. The van der Waals surface area contributed by atoms with Gasteiger partial charge >= 0.3 is 5.97 Å². The Hall–Kier alpha value is -3.63. The molecule has 2 heterocycles. The highest BCUT2D eigenvalue weighted by atomic mass is 32.2. The number of rotatable bonds is 9. The highest BCUT2D eigenvalue weighted by Crippen LogP contribution is 2.36. The van der Waals surface area contributed by atoms with E-state index in [-0.39, 0.29) is 18.3 Å². The minimum Gasteiger partial charge on any atom is -0.496 e. The molecule has 4 aromatic rings. The Labute approximate surface area is 211 Å². The van der Waals surface area contributed by atoms with Gasteiger partial charge in [0.2, 0.25) is 5.91 Å². The number of hydrogen-bond donors (Lipinski definition) is 1. The maximum atomic E-state index is 12.8. The van der Waals surface area contributed by atoms with Crippen LogP contribution in [-0.4, -0.2) is 46.1 Å². The van der Waals surface area contributed by atoms with Crippen LogP contribution in [0.2, 0.25) is 0 Å². The third-order valence-corrected chi connectivity index (χ3v) is 7.04. The Morgan fingerprint density at radius 2 is 1.80 bits per heavy atom. The second-order valence-electron chi connectivity index (χ2n) is 7.34. The quantitative estimate of drug-likeness (QED) is 0.247. The molecular formula is C25H24N4O4S2. The van der Waals surface area contributed by atoms with Crippen LogP contribution in [0.15, 0.2) is 65.1 Å². The summed E-state index contributed by atoms with van der Waals surface area (Å²) >= 11 is 2.55. The van der Waals surface area contributed by atoms with E-state index in [1.54, 1.807) is 14.0 Å². The van der Waals surface area contributed by atoms with Crippen molar-refractivity contribution in [2.24, 2.45) is 7.05 Å². The third kappa shape index (κ3) is 5.39. The Kier molecular flexibility index (Phi) is 7.84. The SMILES string of the molecule is CCOC(=O)c1c(-c2ccccc2)csc1NC(=O)CSc1nnc(-c2ccccc2OC)n1C. The molecule has 0 aliphatic carbocycles. The lowest BCUT2D eigenvalue weighted by atomic mass is 10.0. The molecule has 0 unspecified atom stereocenters. The summed E-state index contributed by atoms with van der Waals surface area (Å²) in [7, 11) is 3.44. The van der Waals surface area contributed by atoms with Crippen molar-refractivity contribution in [2.75, 3.05) is 24.8 Å². The van der Waals surface area contributed by atoms with E-state index >= 15 is 0 Å². The van der Waals surface area contributed by atoms with Crippen LogP contribution in [0.1, 0.15) is 17.3 Å². The first-order valence-electron chi connectivity index (χ1n) is 10.8. The third-order valence-electron chi connectivity index (χ3n) is 5.12. The number of carbonyl (C=O) groups is 2. The number of amides is 1. The van der Waals surface area contributed by atoms with Crippen LogP contribution in [0.4, 0.5) is 5.00 Å². The van der Waals surface area contributed by atoms with Crippen molar-refractivity contribution >= 4 is 40.0 Å². The number of nitrogens with zero attached hydrogens (tertiary/aromatic N) is 3. The number of benzene rings is 2. The van der Waals surface area contributed by atoms with Gasteiger partial charge in [-0.25, -0.2) is 4.79 Å². The molecule has 1 N–H and O–H groups in total. The molecule has 0 atom stereocenters. The van der Waals surface area contributed by atoms with Gasteiger partial charge in [0.1, 0.15) is 16.3 Å². The first-order valence-corrected chi connectivity index (χ1v) is 12.7. The van der Waals surface area contributed by atoms with Gasteiger partial charge in [-0.15, -0.1) is 21.5 Å². The predicted molar refractivity (Wildman–Crippen MR) is 138 cm³/mol. The molecule has 2 aromatic carbocycles. The van der Waals surface area contributed by atoms with Crippen molar-refractivity contribution in [3.8, 4) is 28.3 Å². The topological polar surface area (TPSA) is 95.3 Å². The van der Waals surface area contributed by atoms with E-state index in [4.69, 9.17) is 9.47 Å². The standard InChI is InChI=1S/C25H24N4O4S2/c1-4-33-24(31)21-18(16-10-6-5-7-11-16)14-34-23(21)26-20(30)15-35-25-28-27-22(29(25)2)17-12-8-9-13-19(17)32-3/h5-14H,4,15H2,1-3H3,(H,26,30). The number of anilines is 1. The van der Waals surface area contributed by atoms with Crippen LogP contribution < -0.4 is 10.1 Å². The first-order chi connectivity index (χ1) is 17.0. The maximum absolute atomic E-state index is 12.8. The monoisotopic (exact) mass is 508 g/mol. The average molecular weight is 509 g/mol. The molecule has 2 aromatic heterocycles. The van der Waals surface area contributed by atoms with Crippen LogP contribution in [0.25, 0.3) is 22.5 Å². The molecule has 0 aliphatic rings. The van der Waals surface area contributed by atoms with E-state index in [0.29, 0.717) is 27.3 Å². The van der Waals surface area contributed by atoms with Gasteiger partial charge < -0.3 is 19.4 Å². The summed E-state index contributed by atoms with van der Waals surface area (Å²) in [4.78, 5) is 25.5. The summed E-state index contributed by atoms with van der Waals surface area (Å²) in [6.07, 6.45) is 0. The van der Waals surface area contributed by atoms with E-state index in [1.807, 2.05) is 71.6 Å². The second-order valence-corrected chi connectivity index (χ2v) is 9.16. The molecule has 1 amide bonds. The van der Waals surface area contributed by atoms with E-state index < -0.39 is 5.97 Å². The molecule has 8 nitrogen and oxygen atoms in total. The van der Waals surface area contributed by atoms with Gasteiger partial charge in [-0.2, -0.15) is 0 Å². The van der Waals surface area contributed by atoms with E-state index in [0.717, 1.165) is 16.7 Å². The zero-order valence-corrected chi connectivity index (χ0v) is 21.1. The molecule has 10 heteroatoms. The van der Waals surface area contributed by atoms with E-state index in [9.17, 15) is 9.59 Å². The molecular weight excluding hydrogens is 484 g/mol. The fourth-order valence-electron chi connectivity index (χ4n) is 3.48. The van der Waals surface area contributed by atoms with Crippen molar-refractivity contribution in [1.82, 2.24) is 14.8 Å². The summed E-state index contributed by atoms with van der Waals surface area (Å²) in [5, 5.41) is 14.3. The molecule has 0 spiro atoms. The molecule has 0 radical (unpaired) electrons. The molecule has 0 saturated heterocycles. The minimum absolute atomic E-state index is 0.0960. The zero-order chi connectivity index (χ0) is 24.8. The molecule has 0 bridgehead atoms. The number of para-hydroxylation sites is 1. The molecule has 0 aliphatic heterocycles. The highest BCUT2D eigenvalue weighted by Gasteiger charge is 2.23. The minimum atomic E-state index is -0.467. The number of methoxy groups -OCH3 is 1. The molecule has 180 valence electrons. The number of hydrogen-bond acceptors (Lipinski definition) is 8. The fourth-order valence-corrected chi connectivity index (χ4v) is 5.17. The van der Waals surface area contributed by atoms with Crippen LogP contribution in [0, 0.1) is 0 Å². The van der Waals surface area contributed by atoms with Crippen molar-refractivity contribution in [1.29, 1.82) is 0 Å². The Bertz CT molecular complexity index is 1330. The predicted octanol–water partition coefficient (Wildman–Crippen LogP) is 5.13. The molecule has 35 heavy (non-hydrogen) atoms. The summed E-state index contributed by atoms with van der Waals surface area (Å²) in [5.74, 6) is 0.698. The number of carbonyl (C=O) groups excluding carboxylic acids is 2. The van der Waals surface area contributed by atoms with Crippen LogP contribution in [0.3, 0.4) is 0 Å². The largest absolute Gasteiger partial charge is 0.496 e. The maximum Gasteiger partial charge on any atom is 0.341 e. The van der Waals surface area contributed by atoms with Gasteiger partial charge in [0.05, 0.1) is 25.0 Å². The number of thioether (sulfide) groups is 1.